The van der Waals surface area contributed by atoms with Crippen LogP contribution < -0.4 is 0 Å². The van der Waals surface area contributed by atoms with Crippen molar-refractivity contribution in [2.75, 3.05) is 0 Å². The van der Waals surface area contributed by atoms with Crippen LogP contribution in [0.1, 0.15) is 0 Å². The van der Waals surface area contributed by atoms with Gasteiger partial charge in [0.25, 0.3) is 0 Å². The third kappa shape index (κ3) is 1.38. The lowest BCUT2D eigenvalue weighted by Gasteiger charge is -2.00. The molecule has 4 rings (SSSR count). The van der Waals surface area contributed by atoms with E-state index in [1.807, 2.05) is 28.3 Å². The van der Waals surface area contributed by atoms with Gasteiger partial charge in [0.1, 0.15) is 0 Å². The first-order chi connectivity index (χ1) is 8.92. The maximum atomic E-state index is 4.27. The van der Waals surface area contributed by atoms with E-state index in [0.717, 1.165) is 5.69 Å². The molecule has 0 amide bonds. The fourth-order valence-electron chi connectivity index (χ4n) is 2.28. The summed E-state index contributed by atoms with van der Waals surface area (Å²) in [6.07, 6.45) is 3.77. The fourth-order valence-corrected chi connectivity index (χ4v) is 3.42. The largest absolute Gasteiger partial charge is 0.241 e. The lowest BCUT2D eigenvalue weighted by Crippen LogP contribution is -1.92. The van der Waals surface area contributed by atoms with Gasteiger partial charge in [0.15, 0.2) is 0 Å². The molecule has 0 aliphatic heterocycles. The van der Waals surface area contributed by atoms with Crippen LogP contribution in [0, 0.1) is 0 Å². The summed E-state index contributed by atoms with van der Waals surface area (Å²) < 4.78 is 4.54. The van der Waals surface area contributed by atoms with Crippen molar-refractivity contribution in [2.24, 2.45) is 0 Å². The Morgan fingerprint density at radius 2 is 1.78 bits per heavy atom. The van der Waals surface area contributed by atoms with Gasteiger partial charge in [-0.15, -0.1) is 11.3 Å². The van der Waals surface area contributed by atoms with Crippen molar-refractivity contribution >= 4 is 31.5 Å². The molecule has 2 heterocycles. The van der Waals surface area contributed by atoms with E-state index in [1.54, 1.807) is 6.20 Å². The van der Waals surface area contributed by atoms with Crippen molar-refractivity contribution in [2.45, 2.75) is 0 Å². The van der Waals surface area contributed by atoms with Gasteiger partial charge in [0.05, 0.1) is 5.69 Å². The first kappa shape index (κ1) is 9.85. The summed E-state index contributed by atoms with van der Waals surface area (Å²) in [5.41, 5.74) is 1.11. The highest BCUT2D eigenvalue weighted by Crippen LogP contribution is 2.34. The fraction of sp³-hybridized carbons (Fsp3) is 0. The van der Waals surface area contributed by atoms with E-state index in [2.05, 4.69) is 47.6 Å². The summed E-state index contributed by atoms with van der Waals surface area (Å²) in [4.78, 5) is 0. The number of benzene rings is 2. The predicted molar refractivity (Wildman–Crippen MR) is 76.5 cm³/mol. The van der Waals surface area contributed by atoms with Crippen molar-refractivity contribution in [3.05, 3.63) is 60.9 Å². The molecule has 0 aliphatic rings. The molecule has 2 nitrogen and oxygen atoms in total. The minimum atomic E-state index is 1.11. The highest BCUT2D eigenvalue weighted by atomic mass is 32.1. The van der Waals surface area contributed by atoms with Crippen molar-refractivity contribution in [3.63, 3.8) is 0 Å². The zero-order chi connectivity index (χ0) is 11.9. The molecule has 0 saturated carbocycles. The molecule has 0 spiro atoms. The number of nitrogens with zero attached hydrogens (tertiary/aromatic N) is 2. The van der Waals surface area contributed by atoms with Crippen molar-refractivity contribution in [3.8, 4) is 5.69 Å². The highest BCUT2D eigenvalue weighted by Gasteiger charge is 2.05. The zero-order valence-corrected chi connectivity index (χ0v) is 10.4. The number of fused-ring (bicyclic) bond motifs is 3. The van der Waals surface area contributed by atoms with Crippen LogP contribution in [0.25, 0.3) is 25.9 Å². The second-order valence-electron chi connectivity index (χ2n) is 4.23. The number of rotatable bonds is 1. The molecule has 4 aromatic rings. The van der Waals surface area contributed by atoms with E-state index in [9.17, 15) is 0 Å². The Balaban J connectivity index is 2.04. The molecule has 18 heavy (non-hydrogen) atoms. The van der Waals surface area contributed by atoms with Crippen LogP contribution in [0.4, 0.5) is 0 Å². The van der Waals surface area contributed by atoms with Crippen LogP contribution >= 0.6 is 11.3 Å². The van der Waals surface area contributed by atoms with Gasteiger partial charge < -0.3 is 0 Å². The van der Waals surface area contributed by atoms with Gasteiger partial charge in [-0.2, -0.15) is 5.10 Å². The Morgan fingerprint density at radius 3 is 2.67 bits per heavy atom. The summed E-state index contributed by atoms with van der Waals surface area (Å²) in [6, 6.07) is 17.0. The van der Waals surface area contributed by atoms with E-state index in [1.165, 1.54) is 20.2 Å². The van der Waals surface area contributed by atoms with Crippen LogP contribution in [0.3, 0.4) is 0 Å². The van der Waals surface area contributed by atoms with Gasteiger partial charge in [-0.3, -0.25) is 0 Å². The van der Waals surface area contributed by atoms with E-state index in [-0.39, 0.29) is 0 Å². The van der Waals surface area contributed by atoms with Crippen LogP contribution in [0.15, 0.2) is 60.9 Å². The van der Waals surface area contributed by atoms with Crippen LogP contribution in [0.5, 0.6) is 0 Å². The Labute approximate surface area is 108 Å². The van der Waals surface area contributed by atoms with Crippen molar-refractivity contribution < 1.29 is 0 Å². The monoisotopic (exact) mass is 250 g/mol. The van der Waals surface area contributed by atoms with Gasteiger partial charge in [-0.05, 0) is 24.3 Å². The number of thiophene rings is 1. The molecule has 86 valence electrons. The minimum Gasteiger partial charge on any atom is -0.241 e. The molecule has 0 N–H and O–H groups in total. The van der Waals surface area contributed by atoms with Gasteiger partial charge in [-0.1, -0.05) is 24.3 Å². The molecule has 0 atom stereocenters. The van der Waals surface area contributed by atoms with Gasteiger partial charge in [0.2, 0.25) is 0 Å². The van der Waals surface area contributed by atoms with E-state index in [0.29, 0.717) is 0 Å². The third-order valence-corrected chi connectivity index (χ3v) is 4.26. The summed E-state index contributed by atoms with van der Waals surface area (Å²) in [7, 11) is 0. The molecule has 3 heteroatoms. The zero-order valence-electron chi connectivity index (χ0n) is 9.58. The summed E-state index contributed by atoms with van der Waals surface area (Å²) in [6.45, 7) is 0. The molecule has 0 fully saturated rings. The Morgan fingerprint density at radius 1 is 0.889 bits per heavy atom. The van der Waals surface area contributed by atoms with E-state index >= 15 is 0 Å². The second kappa shape index (κ2) is 3.68. The molecule has 0 radical (unpaired) electrons. The first-order valence-electron chi connectivity index (χ1n) is 5.83. The molecule has 2 aromatic heterocycles. The quantitative estimate of drug-likeness (QED) is 0.494. The average molecular weight is 250 g/mol. The number of hydrogen-bond donors (Lipinski definition) is 0. The van der Waals surface area contributed by atoms with Crippen molar-refractivity contribution in [1.29, 1.82) is 0 Å². The summed E-state index contributed by atoms with van der Waals surface area (Å²) >= 11 is 1.83. The maximum Gasteiger partial charge on any atom is 0.0660 e. The van der Waals surface area contributed by atoms with Crippen LogP contribution in [-0.4, -0.2) is 9.78 Å². The topological polar surface area (TPSA) is 17.8 Å². The normalized spacial score (nSPS) is 11.3. The molecular formula is C15H10N2S. The maximum absolute atomic E-state index is 4.27. The smallest absolute Gasteiger partial charge is 0.0660 e. The molecule has 2 aromatic carbocycles. The minimum absolute atomic E-state index is 1.11. The molecular weight excluding hydrogens is 240 g/mol. The lowest BCUT2D eigenvalue weighted by molar-refractivity contribution is 0.882. The lowest BCUT2D eigenvalue weighted by atomic mass is 10.1. The van der Waals surface area contributed by atoms with Crippen molar-refractivity contribution in [1.82, 2.24) is 9.78 Å². The standard InChI is InChI=1S/C15H10N2S/c1-2-5-14-12(4-1)13-7-6-11(10-15(13)18-14)17-9-3-8-16-17/h1-10H. The number of aromatic nitrogens is 2. The molecule has 0 aliphatic carbocycles. The van der Waals surface area contributed by atoms with E-state index < -0.39 is 0 Å². The van der Waals surface area contributed by atoms with Gasteiger partial charge >= 0.3 is 0 Å². The predicted octanol–water partition coefficient (Wildman–Crippen LogP) is 4.24. The highest BCUT2D eigenvalue weighted by molar-refractivity contribution is 7.25. The first-order valence-corrected chi connectivity index (χ1v) is 6.65. The van der Waals surface area contributed by atoms with Crippen LogP contribution in [-0.2, 0) is 0 Å². The molecule has 0 saturated heterocycles. The van der Waals surface area contributed by atoms with Gasteiger partial charge in [0, 0.05) is 32.6 Å². The van der Waals surface area contributed by atoms with Gasteiger partial charge in [-0.25, -0.2) is 4.68 Å². The molecule has 0 bridgehead atoms. The second-order valence-corrected chi connectivity index (χ2v) is 5.31. The Kier molecular flexibility index (Phi) is 2.02. The SMILES string of the molecule is c1ccc2c(c1)sc1cc(-n3cccn3)ccc12. The average Bonchev–Trinajstić information content (AvgIpc) is 3.05. The third-order valence-electron chi connectivity index (χ3n) is 3.13. The summed E-state index contributed by atoms with van der Waals surface area (Å²) in [5, 5.41) is 6.93. The molecule has 0 unspecified atom stereocenters. The number of hydrogen-bond acceptors (Lipinski definition) is 2. The summed E-state index contributed by atoms with van der Waals surface area (Å²) in [5.74, 6) is 0. The van der Waals surface area contributed by atoms with Crippen LogP contribution in [0.2, 0.25) is 0 Å². The Bertz CT molecular complexity index is 828. The van der Waals surface area contributed by atoms with E-state index in [4.69, 9.17) is 0 Å². The Hall–Kier alpha value is -2.13.